The molecular formula is C19H20O6. The normalized spacial score (nSPS) is 11.3. The lowest BCUT2D eigenvalue weighted by Gasteiger charge is -2.17. The molecule has 0 N–H and O–H groups in total. The Morgan fingerprint density at radius 1 is 1.12 bits per heavy atom. The van der Waals surface area contributed by atoms with Crippen LogP contribution in [-0.4, -0.2) is 32.6 Å². The Balaban J connectivity index is 2.29. The zero-order valence-electron chi connectivity index (χ0n) is 14.4. The molecule has 0 aromatic heterocycles. The molecule has 0 radical (unpaired) electrons. The van der Waals surface area contributed by atoms with E-state index >= 15 is 0 Å². The molecule has 0 aliphatic carbocycles. The van der Waals surface area contributed by atoms with Crippen LogP contribution in [0, 0.1) is 0 Å². The van der Waals surface area contributed by atoms with Gasteiger partial charge in [-0.05, 0) is 12.5 Å². The van der Waals surface area contributed by atoms with Gasteiger partial charge in [-0.3, -0.25) is 4.79 Å². The van der Waals surface area contributed by atoms with E-state index in [1.54, 1.807) is 6.07 Å². The Morgan fingerprint density at radius 2 is 1.80 bits per heavy atom. The Kier molecular flexibility index (Phi) is 6.39. The fraction of sp³-hybridized carbons (Fsp3) is 0.263. The fourth-order valence-electron chi connectivity index (χ4n) is 2.17. The first kappa shape index (κ1) is 18.3. The lowest BCUT2D eigenvalue weighted by Crippen LogP contribution is -2.25. The molecule has 0 amide bonds. The van der Waals surface area contributed by atoms with Crippen LogP contribution >= 0.6 is 0 Å². The van der Waals surface area contributed by atoms with Crippen molar-refractivity contribution in [2.75, 3.05) is 14.2 Å². The summed E-state index contributed by atoms with van der Waals surface area (Å²) in [6, 6.07) is 12.7. The minimum absolute atomic E-state index is 0.190. The maximum absolute atomic E-state index is 11.6. The summed E-state index contributed by atoms with van der Waals surface area (Å²) >= 11 is 0. The Hall–Kier alpha value is -3.02. The van der Waals surface area contributed by atoms with Crippen LogP contribution in [0.4, 0.5) is 0 Å². The highest BCUT2D eigenvalue weighted by Crippen LogP contribution is 2.34. The third-order valence-corrected chi connectivity index (χ3v) is 3.51. The first-order valence-corrected chi connectivity index (χ1v) is 7.67. The van der Waals surface area contributed by atoms with Gasteiger partial charge in [-0.25, -0.2) is 4.79 Å². The first-order chi connectivity index (χ1) is 12.1. The Morgan fingerprint density at radius 3 is 2.40 bits per heavy atom. The van der Waals surface area contributed by atoms with Crippen molar-refractivity contribution < 1.29 is 28.5 Å². The van der Waals surface area contributed by atoms with E-state index in [-0.39, 0.29) is 17.9 Å². The molecule has 0 spiro atoms. The third kappa shape index (κ3) is 4.73. The number of rotatable bonds is 8. The van der Waals surface area contributed by atoms with Gasteiger partial charge in [0.05, 0.1) is 19.8 Å². The monoisotopic (exact) mass is 344 g/mol. The smallest absolute Gasteiger partial charge is 0.346 e. The van der Waals surface area contributed by atoms with Gasteiger partial charge in [-0.15, -0.1) is 0 Å². The van der Waals surface area contributed by atoms with E-state index < -0.39 is 12.1 Å². The number of aldehydes is 1. The topological polar surface area (TPSA) is 71.1 Å². The average Bonchev–Trinajstić information content (AvgIpc) is 2.65. The van der Waals surface area contributed by atoms with E-state index in [2.05, 4.69) is 4.74 Å². The van der Waals surface area contributed by atoms with Gasteiger partial charge >= 0.3 is 5.97 Å². The summed E-state index contributed by atoms with van der Waals surface area (Å²) in [5.41, 5.74) is 1.15. The summed E-state index contributed by atoms with van der Waals surface area (Å²) in [7, 11) is 2.76. The van der Waals surface area contributed by atoms with E-state index in [0.717, 1.165) is 5.56 Å². The molecule has 1 atom stereocenters. The molecule has 1 unspecified atom stereocenters. The molecule has 132 valence electrons. The number of carbonyl (C=O) groups is 2. The summed E-state index contributed by atoms with van der Waals surface area (Å²) in [6.07, 6.45) is -0.253. The quantitative estimate of drug-likeness (QED) is 0.541. The maximum Gasteiger partial charge on any atom is 0.346 e. The fourth-order valence-corrected chi connectivity index (χ4v) is 2.17. The van der Waals surface area contributed by atoms with Crippen molar-refractivity contribution in [1.82, 2.24) is 0 Å². The molecule has 0 aliphatic rings. The predicted octanol–water partition coefficient (Wildman–Crippen LogP) is 3.03. The highest BCUT2D eigenvalue weighted by molar-refractivity contribution is 5.85. The molecule has 2 aromatic rings. The van der Waals surface area contributed by atoms with E-state index in [9.17, 15) is 9.59 Å². The first-order valence-electron chi connectivity index (χ1n) is 7.67. The molecule has 0 bridgehead atoms. The molecule has 25 heavy (non-hydrogen) atoms. The molecule has 0 fully saturated rings. The molecule has 6 heteroatoms. The van der Waals surface area contributed by atoms with Crippen LogP contribution in [0.3, 0.4) is 0 Å². The van der Waals surface area contributed by atoms with Crippen LogP contribution in [0.5, 0.6) is 17.2 Å². The number of hydrogen-bond donors (Lipinski definition) is 0. The van der Waals surface area contributed by atoms with Crippen LogP contribution in [0.15, 0.2) is 42.5 Å². The summed E-state index contributed by atoms with van der Waals surface area (Å²) in [6.45, 7) is 1.81. The number of benzene rings is 2. The van der Waals surface area contributed by atoms with Crippen molar-refractivity contribution in [2.24, 2.45) is 0 Å². The summed E-state index contributed by atoms with van der Waals surface area (Å²) in [5.74, 6) is 0.396. The van der Waals surface area contributed by atoms with Crippen LogP contribution < -0.4 is 14.2 Å². The predicted molar refractivity (Wildman–Crippen MR) is 91.3 cm³/mol. The molecule has 2 aromatic carbocycles. The second-order valence-electron chi connectivity index (χ2n) is 5.21. The van der Waals surface area contributed by atoms with Crippen molar-refractivity contribution >= 4 is 12.3 Å². The summed E-state index contributed by atoms with van der Waals surface area (Å²) in [5, 5.41) is 0. The van der Waals surface area contributed by atoms with Crippen molar-refractivity contribution in [3.63, 3.8) is 0 Å². The van der Waals surface area contributed by atoms with Crippen LogP contribution in [0.1, 0.15) is 22.8 Å². The zero-order valence-corrected chi connectivity index (χ0v) is 14.4. The van der Waals surface area contributed by atoms with E-state index in [4.69, 9.17) is 14.2 Å². The second-order valence-corrected chi connectivity index (χ2v) is 5.21. The van der Waals surface area contributed by atoms with Crippen molar-refractivity contribution in [3.05, 3.63) is 53.6 Å². The largest absolute Gasteiger partial charge is 0.496 e. The van der Waals surface area contributed by atoms with Gasteiger partial charge in [-0.1, -0.05) is 30.3 Å². The van der Waals surface area contributed by atoms with E-state index in [0.29, 0.717) is 17.8 Å². The molecule has 0 heterocycles. The van der Waals surface area contributed by atoms with Crippen LogP contribution in [-0.2, 0) is 16.1 Å². The average molecular weight is 344 g/mol. The second kappa shape index (κ2) is 8.73. The SMILES string of the molecule is COC(=O)C(C)Oc1cc(OC)cc(OCc2ccccc2)c1C=O. The number of esters is 1. The highest BCUT2D eigenvalue weighted by Gasteiger charge is 2.20. The summed E-state index contributed by atoms with van der Waals surface area (Å²) in [4.78, 5) is 23.1. The van der Waals surface area contributed by atoms with Crippen molar-refractivity contribution in [2.45, 2.75) is 19.6 Å². The van der Waals surface area contributed by atoms with Crippen LogP contribution in [0.2, 0.25) is 0 Å². The third-order valence-electron chi connectivity index (χ3n) is 3.51. The number of methoxy groups -OCH3 is 2. The van der Waals surface area contributed by atoms with Gasteiger partial charge in [0.25, 0.3) is 0 Å². The number of ether oxygens (including phenoxy) is 4. The van der Waals surface area contributed by atoms with Gasteiger partial charge in [-0.2, -0.15) is 0 Å². The van der Waals surface area contributed by atoms with Crippen molar-refractivity contribution in [1.29, 1.82) is 0 Å². The van der Waals surface area contributed by atoms with Gasteiger partial charge in [0.15, 0.2) is 12.4 Å². The lowest BCUT2D eigenvalue weighted by atomic mass is 10.1. The summed E-state index contributed by atoms with van der Waals surface area (Å²) < 4.78 is 21.2. The van der Waals surface area contributed by atoms with E-state index in [1.165, 1.54) is 27.2 Å². The maximum atomic E-state index is 11.6. The number of carbonyl (C=O) groups excluding carboxylic acids is 2. The van der Waals surface area contributed by atoms with E-state index in [1.807, 2.05) is 30.3 Å². The minimum Gasteiger partial charge on any atom is -0.496 e. The highest BCUT2D eigenvalue weighted by atomic mass is 16.6. The standard InChI is InChI=1S/C19H20O6/c1-13(19(21)23-3)25-18-10-15(22-2)9-17(16(18)11-20)24-12-14-7-5-4-6-8-14/h4-11,13H,12H2,1-3H3. The molecule has 0 saturated carbocycles. The molecule has 2 rings (SSSR count). The molecular weight excluding hydrogens is 324 g/mol. The van der Waals surface area contributed by atoms with Gasteiger partial charge in [0.2, 0.25) is 0 Å². The zero-order chi connectivity index (χ0) is 18.2. The van der Waals surface area contributed by atoms with Crippen LogP contribution in [0.25, 0.3) is 0 Å². The molecule has 0 saturated heterocycles. The molecule has 0 aliphatic heterocycles. The lowest BCUT2D eigenvalue weighted by molar-refractivity contribution is -0.147. The minimum atomic E-state index is -0.877. The van der Waals surface area contributed by atoms with Gasteiger partial charge in [0, 0.05) is 12.1 Å². The number of hydrogen-bond acceptors (Lipinski definition) is 6. The van der Waals surface area contributed by atoms with Gasteiger partial charge < -0.3 is 18.9 Å². The molecule has 6 nitrogen and oxygen atoms in total. The Bertz CT molecular complexity index is 726. The Labute approximate surface area is 146 Å². The van der Waals surface area contributed by atoms with Gasteiger partial charge in [0.1, 0.15) is 23.9 Å². The van der Waals surface area contributed by atoms with Crippen molar-refractivity contribution in [3.8, 4) is 17.2 Å².